The van der Waals surface area contributed by atoms with Crippen LogP contribution < -0.4 is 4.90 Å². The lowest BCUT2D eigenvalue weighted by Gasteiger charge is -2.24. The molecule has 1 heterocycles. The number of hydrogen-bond acceptors (Lipinski definition) is 1. The summed E-state index contributed by atoms with van der Waals surface area (Å²) in [6.45, 7) is 25.1. The van der Waals surface area contributed by atoms with E-state index in [0.717, 1.165) is 0 Å². The van der Waals surface area contributed by atoms with E-state index >= 15 is 0 Å². The lowest BCUT2D eigenvalue weighted by atomic mass is 9.92. The number of hydrogen-bond donors (Lipinski definition) is 0. The fraction of sp³-hybridized carbons (Fsp3) is 0.444. The molecule has 3 rings (SSSR count). The number of nitrogens with zero attached hydrogens (tertiary/aromatic N) is 2. The molecule has 2 nitrogen and oxygen atoms in total. The van der Waals surface area contributed by atoms with Crippen molar-refractivity contribution >= 4 is 17.6 Å². The van der Waals surface area contributed by atoms with E-state index in [2.05, 4.69) is 114 Å². The van der Waals surface area contributed by atoms with Crippen molar-refractivity contribution in [1.82, 2.24) is 0 Å². The highest BCUT2D eigenvalue weighted by atomic mass is 15.3. The molecule has 1 aliphatic rings. The van der Waals surface area contributed by atoms with Gasteiger partial charge in [0.25, 0.3) is 0 Å². The van der Waals surface area contributed by atoms with Crippen molar-refractivity contribution in [2.75, 3.05) is 4.90 Å². The maximum Gasteiger partial charge on any atom is 0.438 e. The van der Waals surface area contributed by atoms with Crippen molar-refractivity contribution in [2.45, 2.75) is 79.1 Å². The lowest BCUT2D eigenvalue weighted by Crippen LogP contribution is -2.19. The van der Waals surface area contributed by atoms with Crippen LogP contribution in [0.15, 0.2) is 36.4 Å². The molecule has 4 radical (unpaired) electrons. The minimum atomic E-state index is 0.440. The summed E-state index contributed by atoms with van der Waals surface area (Å²) in [6.07, 6.45) is 2.04. The van der Waals surface area contributed by atoms with Crippen LogP contribution in [-0.4, -0.2) is 10.8 Å². The van der Waals surface area contributed by atoms with Gasteiger partial charge in [0.2, 0.25) is 5.69 Å². The van der Waals surface area contributed by atoms with Crippen LogP contribution in [0.25, 0.3) is 0 Å². The van der Waals surface area contributed by atoms with E-state index in [1.807, 2.05) is 6.21 Å². The molecule has 29 heavy (non-hydrogen) atoms. The van der Waals surface area contributed by atoms with Crippen molar-refractivity contribution in [3.63, 3.8) is 0 Å². The predicted octanol–water partition coefficient (Wildman–Crippen LogP) is 7.45. The number of benzene rings is 2. The maximum absolute atomic E-state index is 3.60. The Morgan fingerprint density at radius 2 is 1.07 bits per heavy atom. The lowest BCUT2D eigenvalue weighted by molar-refractivity contribution is -0.384. The first-order valence-corrected chi connectivity index (χ1v) is 10.9. The molecule has 2 heteroatoms. The van der Waals surface area contributed by atoms with Crippen LogP contribution in [-0.2, 0) is 0 Å². The van der Waals surface area contributed by atoms with Crippen molar-refractivity contribution in [3.8, 4) is 0 Å². The zero-order valence-corrected chi connectivity index (χ0v) is 19.2. The molecule has 0 bridgehead atoms. The summed E-state index contributed by atoms with van der Waals surface area (Å²) in [7, 11) is 0. The average molecular weight is 388 g/mol. The standard InChI is InChI=1S/C27H35N2/c1-18(2)22-11-9-12-23(19(3)4)26(22)28-15-16-29(17-28)27-24(20(5)6)13-10-14-25(27)21(7)8/h9-15,18-21H,1-8H3/q+1. The fourth-order valence-corrected chi connectivity index (χ4v) is 4.07. The highest BCUT2D eigenvalue weighted by molar-refractivity contribution is 5.78. The van der Waals surface area contributed by atoms with Crippen LogP contribution in [0.5, 0.6) is 0 Å². The monoisotopic (exact) mass is 387 g/mol. The highest BCUT2D eigenvalue weighted by Gasteiger charge is 2.35. The fourth-order valence-electron chi connectivity index (χ4n) is 4.07. The van der Waals surface area contributed by atoms with Crippen LogP contribution in [0.3, 0.4) is 0 Å². The van der Waals surface area contributed by atoms with E-state index in [9.17, 15) is 0 Å². The molecule has 0 N–H and O–H groups in total. The van der Waals surface area contributed by atoms with Crippen molar-refractivity contribution in [3.05, 3.63) is 71.9 Å². The Hall–Kier alpha value is -2.09. The largest absolute Gasteiger partial charge is 0.438 e. The molecule has 0 aromatic heterocycles. The Morgan fingerprint density at radius 3 is 1.48 bits per heavy atom. The molecule has 0 spiro atoms. The molecular formula is C27H35N2+. The number of rotatable bonds is 6. The Bertz CT molecular complexity index is 835. The second-order valence-corrected chi connectivity index (χ2v) is 9.25. The number of anilines is 1. The van der Waals surface area contributed by atoms with E-state index in [1.165, 1.54) is 33.6 Å². The molecule has 0 amide bonds. The van der Waals surface area contributed by atoms with Crippen LogP contribution in [0.2, 0.25) is 0 Å². The molecule has 0 saturated carbocycles. The summed E-state index contributed by atoms with van der Waals surface area (Å²) in [5.74, 6) is 1.77. The third-order valence-corrected chi connectivity index (χ3v) is 5.67. The predicted molar refractivity (Wildman–Crippen MR) is 124 cm³/mol. The van der Waals surface area contributed by atoms with E-state index < -0.39 is 0 Å². The van der Waals surface area contributed by atoms with Gasteiger partial charge in [-0.3, -0.25) is 4.90 Å². The molecule has 0 saturated heterocycles. The van der Waals surface area contributed by atoms with Gasteiger partial charge in [0.05, 0.1) is 5.69 Å². The third-order valence-electron chi connectivity index (χ3n) is 5.67. The Balaban J connectivity index is 2.05. The van der Waals surface area contributed by atoms with Crippen LogP contribution in [0.4, 0.5) is 11.4 Å². The minimum absolute atomic E-state index is 0.440. The van der Waals surface area contributed by atoms with Crippen LogP contribution >= 0.6 is 0 Å². The van der Waals surface area contributed by atoms with E-state index in [1.54, 1.807) is 0 Å². The summed E-state index contributed by atoms with van der Waals surface area (Å²) in [5, 5.41) is 0. The Labute approximate surface area is 178 Å². The smallest absolute Gasteiger partial charge is 0.273 e. The zero-order chi connectivity index (χ0) is 21.3. The van der Waals surface area contributed by atoms with Crippen molar-refractivity contribution in [2.24, 2.45) is 0 Å². The van der Waals surface area contributed by atoms with Gasteiger partial charge in [-0.25, -0.2) is 0 Å². The topological polar surface area (TPSA) is 6.25 Å². The van der Waals surface area contributed by atoms with Gasteiger partial charge in [-0.15, -0.1) is 0 Å². The van der Waals surface area contributed by atoms with Crippen molar-refractivity contribution in [1.29, 1.82) is 0 Å². The molecule has 0 aliphatic carbocycles. The number of para-hydroxylation sites is 2. The first-order chi connectivity index (χ1) is 13.7. The van der Waals surface area contributed by atoms with E-state index in [-0.39, 0.29) is 0 Å². The summed E-state index contributed by atoms with van der Waals surface area (Å²) in [4.78, 5) is 2.08. The summed E-state index contributed by atoms with van der Waals surface area (Å²) < 4.78 is 2.14. The van der Waals surface area contributed by atoms with E-state index in [0.29, 0.717) is 23.7 Å². The van der Waals surface area contributed by atoms with Gasteiger partial charge in [-0.05, 0) is 34.8 Å². The van der Waals surface area contributed by atoms with Gasteiger partial charge in [0.15, 0.2) is 12.8 Å². The molecule has 2 aromatic rings. The quantitative estimate of drug-likeness (QED) is 0.466. The highest BCUT2D eigenvalue weighted by Crippen LogP contribution is 2.40. The molecule has 152 valence electrons. The van der Waals surface area contributed by atoms with Crippen molar-refractivity contribution < 1.29 is 4.58 Å². The summed E-state index contributed by atoms with van der Waals surface area (Å²) in [5.41, 5.74) is 7.86. The van der Waals surface area contributed by atoms with Gasteiger partial charge in [0.1, 0.15) is 0 Å². The van der Waals surface area contributed by atoms with Crippen LogP contribution in [0, 0.1) is 13.2 Å². The second-order valence-electron chi connectivity index (χ2n) is 9.25. The van der Waals surface area contributed by atoms with Gasteiger partial charge in [0, 0.05) is 11.1 Å². The third kappa shape index (κ3) is 4.27. The van der Waals surface area contributed by atoms with Gasteiger partial charge in [-0.2, -0.15) is 4.58 Å². The van der Waals surface area contributed by atoms with Gasteiger partial charge < -0.3 is 0 Å². The normalized spacial score (nSPS) is 14.6. The second kappa shape index (κ2) is 8.73. The van der Waals surface area contributed by atoms with Gasteiger partial charge >= 0.3 is 6.67 Å². The van der Waals surface area contributed by atoms with Gasteiger partial charge in [-0.1, -0.05) is 91.8 Å². The molecule has 2 aromatic carbocycles. The summed E-state index contributed by atoms with van der Waals surface area (Å²) >= 11 is 0. The van der Waals surface area contributed by atoms with Crippen LogP contribution in [0.1, 0.15) is 101 Å². The Morgan fingerprint density at radius 1 is 0.655 bits per heavy atom. The molecule has 0 unspecified atom stereocenters. The average Bonchev–Trinajstić information content (AvgIpc) is 3.15. The summed E-state index contributed by atoms with van der Waals surface area (Å²) in [6, 6.07) is 13.3. The first kappa shape index (κ1) is 21.6. The maximum atomic E-state index is 3.60. The molecular weight excluding hydrogens is 352 g/mol. The molecule has 1 aliphatic heterocycles. The molecule has 0 atom stereocenters. The first-order valence-electron chi connectivity index (χ1n) is 10.9. The minimum Gasteiger partial charge on any atom is -0.273 e. The molecule has 0 fully saturated rings. The van der Waals surface area contributed by atoms with E-state index in [4.69, 9.17) is 0 Å². The zero-order valence-electron chi connectivity index (χ0n) is 19.2. The Kier molecular flexibility index (Phi) is 6.51. The SMILES string of the molecule is CC(C)c1cccc(C(C)C)c1N1[C]C=[N+](c2c(C(C)C)cccc2C(C)C)[C]1.